The van der Waals surface area contributed by atoms with Crippen molar-refractivity contribution in [3.63, 3.8) is 0 Å². The molecule has 0 radical (unpaired) electrons. The normalized spacial score (nSPS) is 13.8. The molecule has 0 unspecified atom stereocenters. The Morgan fingerprint density at radius 2 is 1.94 bits per heavy atom. The van der Waals surface area contributed by atoms with Gasteiger partial charge in [0.25, 0.3) is 0 Å². The van der Waals surface area contributed by atoms with Gasteiger partial charge in [-0.2, -0.15) is 4.98 Å². The summed E-state index contributed by atoms with van der Waals surface area (Å²) in [6.07, 6.45) is 8.15. The molecule has 1 aliphatic carbocycles. The zero-order valence-electron chi connectivity index (χ0n) is 17.1. The Hall–Kier alpha value is -3.07. The number of halogens is 1. The first-order valence-electron chi connectivity index (χ1n) is 10.4. The number of hydrogen-bond acceptors (Lipinski definition) is 5. The predicted octanol–water partition coefficient (Wildman–Crippen LogP) is 3.26. The topological polar surface area (TPSA) is 88.4 Å². The minimum absolute atomic E-state index is 0.304. The molecule has 2 aromatic heterocycles. The van der Waals surface area contributed by atoms with E-state index in [1.54, 1.807) is 16.6 Å². The highest BCUT2D eigenvalue weighted by molar-refractivity contribution is 7.15. The standard InChI is InChI=1S/C22H24FN5O2S/c23-17-8-4-7-16(13-17)19-26-22-28(27-19)18(14-31-22)10-12-25-21(30)20(29)24-11-9-15-5-2-1-3-6-15/h4-5,7-8,13-14H,1-3,6,9-12H2,(H,24,29)(H,25,30). The molecule has 31 heavy (non-hydrogen) atoms. The highest BCUT2D eigenvalue weighted by Gasteiger charge is 2.15. The molecule has 0 bridgehead atoms. The number of amides is 2. The van der Waals surface area contributed by atoms with Crippen LogP contribution in [-0.4, -0.2) is 39.5 Å². The van der Waals surface area contributed by atoms with Crippen LogP contribution >= 0.6 is 11.3 Å². The molecule has 162 valence electrons. The molecule has 0 aliphatic heterocycles. The molecule has 0 saturated heterocycles. The molecule has 3 aromatic rings. The molecule has 1 aliphatic rings. The van der Waals surface area contributed by atoms with E-state index in [1.807, 2.05) is 5.38 Å². The van der Waals surface area contributed by atoms with Crippen LogP contribution in [0.2, 0.25) is 0 Å². The predicted molar refractivity (Wildman–Crippen MR) is 117 cm³/mol. The van der Waals surface area contributed by atoms with Crippen LogP contribution in [0.1, 0.15) is 37.8 Å². The monoisotopic (exact) mass is 441 g/mol. The van der Waals surface area contributed by atoms with Crippen LogP contribution in [0.15, 0.2) is 41.3 Å². The quantitative estimate of drug-likeness (QED) is 0.435. The fourth-order valence-electron chi connectivity index (χ4n) is 3.58. The summed E-state index contributed by atoms with van der Waals surface area (Å²) < 4.78 is 15.1. The van der Waals surface area contributed by atoms with Gasteiger partial charge in [0.2, 0.25) is 4.96 Å². The van der Waals surface area contributed by atoms with Crippen LogP contribution in [0.25, 0.3) is 16.3 Å². The van der Waals surface area contributed by atoms with Gasteiger partial charge in [-0.25, -0.2) is 8.91 Å². The van der Waals surface area contributed by atoms with Gasteiger partial charge in [-0.3, -0.25) is 9.59 Å². The minimum atomic E-state index is -0.636. The lowest BCUT2D eigenvalue weighted by molar-refractivity contribution is -0.139. The summed E-state index contributed by atoms with van der Waals surface area (Å²) in [6.45, 7) is 0.781. The maximum Gasteiger partial charge on any atom is 0.309 e. The van der Waals surface area contributed by atoms with Crippen molar-refractivity contribution >= 4 is 28.1 Å². The second-order valence-electron chi connectivity index (χ2n) is 7.49. The van der Waals surface area contributed by atoms with E-state index in [2.05, 4.69) is 26.8 Å². The molecule has 0 spiro atoms. The van der Waals surface area contributed by atoms with Gasteiger partial charge in [0.15, 0.2) is 5.82 Å². The van der Waals surface area contributed by atoms with Crippen molar-refractivity contribution in [1.29, 1.82) is 0 Å². The molecular weight excluding hydrogens is 417 g/mol. The third kappa shape index (κ3) is 5.35. The second-order valence-corrected chi connectivity index (χ2v) is 8.32. The number of aromatic nitrogens is 3. The number of nitrogens with one attached hydrogen (secondary N) is 2. The van der Waals surface area contributed by atoms with Gasteiger partial charge in [0.05, 0.1) is 5.69 Å². The van der Waals surface area contributed by atoms with E-state index in [1.165, 1.54) is 41.9 Å². The van der Waals surface area contributed by atoms with Crippen molar-refractivity contribution in [1.82, 2.24) is 25.2 Å². The summed E-state index contributed by atoms with van der Waals surface area (Å²) in [4.78, 5) is 29.1. The summed E-state index contributed by atoms with van der Waals surface area (Å²) in [5, 5.41) is 11.7. The molecule has 4 rings (SSSR count). The minimum Gasteiger partial charge on any atom is -0.348 e. The number of fused-ring (bicyclic) bond motifs is 1. The SMILES string of the molecule is O=C(NCCC1=CCCCC1)C(=O)NCCc1csc2nc(-c3cccc(F)c3)nn12. The maximum absolute atomic E-state index is 13.5. The first kappa shape index (κ1) is 21.2. The molecule has 2 N–H and O–H groups in total. The third-order valence-electron chi connectivity index (χ3n) is 5.22. The Morgan fingerprint density at radius 3 is 2.68 bits per heavy atom. The lowest BCUT2D eigenvalue weighted by Gasteiger charge is -2.12. The van der Waals surface area contributed by atoms with Gasteiger partial charge in [-0.15, -0.1) is 16.4 Å². The molecule has 2 heterocycles. The van der Waals surface area contributed by atoms with Crippen LogP contribution in [-0.2, 0) is 16.0 Å². The molecule has 7 nitrogen and oxygen atoms in total. The van der Waals surface area contributed by atoms with E-state index in [9.17, 15) is 14.0 Å². The average Bonchev–Trinajstić information content (AvgIpc) is 3.36. The highest BCUT2D eigenvalue weighted by Crippen LogP contribution is 2.22. The van der Waals surface area contributed by atoms with Gasteiger partial charge < -0.3 is 10.6 Å². The molecule has 1 aromatic carbocycles. The van der Waals surface area contributed by atoms with Crippen LogP contribution in [0.5, 0.6) is 0 Å². The highest BCUT2D eigenvalue weighted by atomic mass is 32.1. The average molecular weight is 442 g/mol. The van der Waals surface area contributed by atoms with Crippen molar-refractivity contribution in [3.8, 4) is 11.4 Å². The molecule has 0 fully saturated rings. The smallest absolute Gasteiger partial charge is 0.309 e. The zero-order valence-corrected chi connectivity index (χ0v) is 17.9. The summed E-state index contributed by atoms with van der Waals surface area (Å²) >= 11 is 1.42. The lowest BCUT2D eigenvalue weighted by Crippen LogP contribution is -2.41. The first-order chi connectivity index (χ1) is 15.1. The van der Waals surface area contributed by atoms with Crippen molar-refractivity contribution < 1.29 is 14.0 Å². The van der Waals surface area contributed by atoms with E-state index >= 15 is 0 Å². The molecule has 0 atom stereocenters. The van der Waals surface area contributed by atoms with Gasteiger partial charge in [0, 0.05) is 30.5 Å². The second kappa shape index (κ2) is 9.82. The van der Waals surface area contributed by atoms with E-state index in [0.29, 0.717) is 35.9 Å². The number of carbonyl (C=O) groups excluding carboxylic acids is 2. The number of thiazole rings is 1. The first-order valence-corrected chi connectivity index (χ1v) is 11.3. The van der Waals surface area contributed by atoms with Crippen molar-refractivity contribution in [2.24, 2.45) is 0 Å². The summed E-state index contributed by atoms with van der Waals surface area (Å²) in [6, 6.07) is 6.14. The fraction of sp³-hybridized carbons (Fsp3) is 0.364. The Bertz CT molecular complexity index is 1120. The lowest BCUT2D eigenvalue weighted by atomic mass is 9.97. The van der Waals surface area contributed by atoms with Crippen molar-refractivity contribution in [2.75, 3.05) is 13.1 Å². The largest absolute Gasteiger partial charge is 0.348 e. The van der Waals surface area contributed by atoms with Crippen LogP contribution in [0.4, 0.5) is 4.39 Å². The van der Waals surface area contributed by atoms with Crippen LogP contribution < -0.4 is 10.6 Å². The Morgan fingerprint density at radius 1 is 1.13 bits per heavy atom. The van der Waals surface area contributed by atoms with Gasteiger partial charge >= 0.3 is 11.8 Å². The van der Waals surface area contributed by atoms with E-state index in [0.717, 1.165) is 25.0 Å². The number of nitrogens with zero attached hydrogens (tertiary/aromatic N) is 3. The Kier molecular flexibility index (Phi) is 6.71. The van der Waals surface area contributed by atoms with Gasteiger partial charge in [-0.05, 0) is 44.2 Å². The number of carbonyl (C=O) groups is 2. The Labute approximate surface area is 183 Å². The van der Waals surface area contributed by atoms with E-state index < -0.39 is 11.8 Å². The molecule has 2 amide bonds. The van der Waals surface area contributed by atoms with E-state index in [-0.39, 0.29) is 5.82 Å². The summed E-state index contributed by atoms with van der Waals surface area (Å²) in [5.41, 5.74) is 2.83. The molecular formula is C22H24FN5O2S. The van der Waals surface area contributed by atoms with Crippen LogP contribution in [0.3, 0.4) is 0 Å². The number of benzene rings is 1. The van der Waals surface area contributed by atoms with Gasteiger partial charge in [0.1, 0.15) is 5.82 Å². The number of allylic oxidation sites excluding steroid dienone is 1. The maximum atomic E-state index is 13.5. The molecule has 0 saturated carbocycles. The van der Waals surface area contributed by atoms with E-state index in [4.69, 9.17) is 0 Å². The summed E-state index contributed by atoms with van der Waals surface area (Å²) in [5.74, 6) is -1.14. The van der Waals surface area contributed by atoms with Gasteiger partial charge in [-0.1, -0.05) is 23.8 Å². The zero-order chi connectivity index (χ0) is 21.6. The third-order valence-corrected chi connectivity index (χ3v) is 6.09. The fourth-order valence-corrected chi connectivity index (χ4v) is 4.44. The molecule has 9 heteroatoms. The number of rotatable bonds is 7. The summed E-state index contributed by atoms with van der Waals surface area (Å²) in [7, 11) is 0. The Balaban J connectivity index is 1.26. The van der Waals surface area contributed by atoms with Crippen molar-refractivity contribution in [2.45, 2.75) is 38.5 Å². The van der Waals surface area contributed by atoms with Crippen LogP contribution in [0, 0.1) is 5.82 Å². The van der Waals surface area contributed by atoms with Crippen molar-refractivity contribution in [3.05, 3.63) is 52.8 Å². The number of hydrogen-bond donors (Lipinski definition) is 2.